The molecule has 0 aliphatic carbocycles. The summed E-state index contributed by atoms with van der Waals surface area (Å²) in [4.78, 5) is 16.3. The summed E-state index contributed by atoms with van der Waals surface area (Å²) in [5.74, 6) is -0.716. The number of benzene rings is 1. The van der Waals surface area contributed by atoms with Crippen molar-refractivity contribution in [3.8, 4) is 0 Å². The summed E-state index contributed by atoms with van der Waals surface area (Å²) in [6, 6.07) is 5.41. The third kappa shape index (κ3) is 6.04. The minimum atomic E-state index is -0.570. The van der Waals surface area contributed by atoms with E-state index in [1.807, 2.05) is 24.9 Å². The first-order valence-electron chi connectivity index (χ1n) is 8.19. The van der Waals surface area contributed by atoms with Crippen molar-refractivity contribution in [1.82, 2.24) is 0 Å². The molecule has 1 unspecified atom stereocenters. The predicted octanol–water partition coefficient (Wildman–Crippen LogP) is 5.68. The van der Waals surface area contributed by atoms with Crippen LogP contribution in [0.25, 0.3) is 0 Å². The molecule has 0 amide bonds. The molecule has 0 spiro atoms. The Kier molecular flexibility index (Phi) is 9.20. The van der Waals surface area contributed by atoms with Gasteiger partial charge in [0, 0.05) is 23.7 Å². The van der Waals surface area contributed by atoms with E-state index in [2.05, 4.69) is 6.58 Å². The topological polar surface area (TPSA) is 47.4 Å². The van der Waals surface area contributed by atoms with Gasteiger partial charge in [0.05, 0.1) is 35.2 Å². The molecular weight excluding hydrogens is 393 g/mol. The van der Waals surface area contributed by atoms with E-state index in [0.717, 1.165) is 18.6 Å². The molecule has 0 heterocycles. The second kappa shape index (κ2) is 10.6. The molecule has 1 aromatic carbocycles. The van der Waals surface area contributed by atoms with Gasteiger partial charge in [-0.05, 0) is 32.4 Å². The van der Waals surface area contributed by atoms with Crippen LogP contribution in [-0.4, -0.2) is 32.3 Å². The fourth-order valence-electron chi connectivity index (χ4n) is 2.46. The third-order valence-corrected chi connectivity index (χ3v) is 4.74. The molecule has 0 bridgehead atoms. The minimum absolute atomic E-state index is 0.0139. The molecule has 0 aliphatic rings. The molecule has 7 heteroatoms. The zero-order chi connectivity index (χ0) is 19.9. The fourth-order valence-corrected chi connectivity index (χ4v) is 3.08. The highest BCUT2D eigenvalue weighted by Gasteiger charge is 2.24. The number of rotatable bonds is 10. The van der Waals surface area contributed by atoms with Gasteiger partial charge < -0.3 is 9.80 Å². The normalized spacial score (nSPS) is 12.5. The smallest absolute Gasteiger partial charge is 0.161 e. The van der Waals surface area contributed by atoms with Gasteiger partial charge in [-0.1, -0.05) is 53.5 Å². The summed E-state index contributed by atoms with van der Waals surface area (Å²) in [6.07, 6.45) is 3.23. The van der Waals surface area contributed by atoms with Crippen molar-refractivity contribution in [2.24, 2.45) is 5.92 Å². The Labute approximate surface area is 170 Å². The average molecular weight is 417 g/mol. The SMILES string of the molecule is C=C(Cl)C(C/C=C(\C)Cl)C(=O)CN(C=N)c1cccc(Cl)c1N(C)CC. The maximum absolute atomic E-state index is 12.8. The number of para-hydroxylation sites is 1. The first-order chi connectivity index (χ1) is 12.2. The quantitative estimate of drug-likeness (QED) is 0.394. The lowest BCUT2D eigenvalue weighted by Crippen LogP contribution is -2.33. The molecule has 1 rings (SSSR count). The van der Waals surface area contributed by atoms with Crippen molar-refractivity contribution in [3.63, 3.8) is 0 Å². The number of hydrogen-bond acceptors (Lipinski definition) is 3. The van der Waals surface area contributed by atoms with Crippen molar-refractivity contribution in [1.29, 1.82) is 5.41 Å². The molecule has 1 N–H and O–H groups in total. The molecule has 4 nitrogen and oxygen atoms in total. The van der Waals surface area contributed by atoms with Crippen LogP contribution in [0.5, 0.6) is 0 Å². The lowest BCUT2D eigenvalue weighted by molar-refractivity contribution is -0.120. The van der Waals surface area contributed by atoms with Crippen LogP contribution >= 0.6 is 34.8 Å². The van der Waals surface area contributed by atoms with Crippen LogP contribution in [0.2, 0.25) is 5.02 Å². The molecule has 1 aromatic rings. The van der Waals surface area contributed by atoms with Gasteiger partial charge >= 0.3 is 0 Å². The number of allylic oxidation sites excluding steroid dienone is 3. The van der Waals surface area contributed by atoms with Crippen LogP contribution in [0, 0.1) is 11.3 Å². The maximum atomic E-state index is 12.8. The Hall–Kier alpha value is -1.49. The summed E-state index contributed by atoms with van der Waals surface area (Å²) in [7, 11) is 1.91. The molecular formula is C19H24Cl3N3O. The summed E-state index contributed by atoms with van der Waals surface area (Å²) in [5, 5.41) is 9.18. The molecule has 0 aliphatic heterocycles. The van der Waals surface area contributed by atoms with Crippen LogP contribution in [0.3, 0.4) is 0 Å². The largest absolute Gasteiger partial charge is 0.372 e. The highest BCUT2D eigenvalue weighted by Crippen LogP contribution is 2.35. The van der Waals surface area contributed by atoms with Crippen LogP contribution < -0.4 is 9.80 Å². The van der Waals surface area contributed by atoms with Crippen LogP contribution in [-0.2, 0) is 4.79 Å². The van der Waals surface area contributed by atoms with Crippen molar-refractivity contribution >= 4 is 58.3 Å². The molecule has 0 radical (unpaired) electrons. The van der Waals surface area contributed by atoms with Gasteiger partial charge in [-0.25, -0.2) is 0 Å². The van der Waals surface area contributed by atoms with E-state index in [-0.39, 0.29) is 17.4 Å². The lowest BCUT2D eigenvalue weighted by atomic mass is 9.99. The molecule has 142 valence electrons. The minimum Gasteiger partial charge on any atom is -0.372 e. The highest BCUT2D eigenvalue weighted by molar-refractivity contribution is 6.34. The van der Waals surface area contributed by atoms with Crippen molar-refractivity contribution in [2.45, 2.75) is 20.3 Å². The number of ketones is 1. The lowest BCUT2D eigenvalue weighted by Gasteiger charge is -2.28. The Balaban J connectivity index is 3.15. The number of anilines is 2. The zero-order valence-corrected chi connectivity index (χ0v) is 17.5. The van der Waals surface area contributed by atoms with Gasteiger partial charge in [-0.3, -0.25) is 10.2 Å². The Morgan fingerprint density at radius 3 is 2.54 bits per heavy atom. The van der Waals surface area contributed by atoms with Gasteiger partial charge in [0.2, 0.25) is 0 Å². The number of nitrogens with one attached hydrogen (secondary N) is 1. The summed E-state index contributed by atoms with van der Waals surface area (Å²) in [6.45, 7) is 8.16. The van der Waals surface area contributed by atoms with Crippen molar-refractivity contribution in [3.05, 3.63) is 45.9 Å². The zero-order valence-electron chi connectivity index (χ0n) is 15.2. The van der Waals surface area contributed by atoms with Crippen LogP contribution in [0.4, 0.5) is 11.4 Å². The van der Waals surface area contributed by atoms with E-state index in [0.29, 0.717) is 22.2 Å². The predicted molar refractivity (Wildman–Crippen MR) is 114 cm³/mol. The number of nitrogens with zero attached hydrogens (tertiary/aromatic N) is 2. The fraction of sp³-hybridized carbons (Fsp3) is 0.368. The van der Waals surface area contributed by atoms with Gasteiger partial charge in [0.25, 0.3) is 0 Å². The van der Waals surface area contributed by atoms with Crippen molar-refractivity contribution in [2.75, 3.05) is 29.9 Å². The summed E-state index contributed by atoms with van der Waals surface area (Å²) < 4.78 is 0. The van der Waals surface area contributed by atoms with Crippen LogP contribution in [0.1, 0.15) is 20.3 Å². The first kappa shape index (κ1) is 22.6. The number of halogens is 3. The second-order valence-electron chi connectivity index (χ2n) is 5.87. The molecule has 0 saturated heterocycles. The molecule has 1 atom stereocenters. The monoisotopic (exact) mass is 415 g/mol. The van der Waals surface area contributed by atoms with E-state index in [4.69, 9.17) is 40.2 Å². The van der Waals surface area contributed by atoms with Gasteiger partial charge in [-0.15, -0.1) is 0 Å². The number of carbonyl (C=O) groups excluding carboxylic acids is 1. The highest BCUT2D eigenvalue weighted by atomic mass is 35.5. The maximum Gasteiger partial charge on any atom is 0.161 e. The molecule has 26 heavy (non-hydrogen) atoms. The standard InChI is InChI=1S/C19H24Cl3N3O/c1-5-24(4)19-16(22)7-6-8-17(19)25(12-23)11-18(26)15(14(3)21)10-9-13(2)20/h6-9,12,15,23H,3,5,10-11H2,1-2,4H3/b13-9+,23-12?. The molecule has 0 fully saturated rings. The Morgan fingerprint density at radius 2 is 2.04 bits per heavy atom. The van der Waals surface area contributed by atoms with Crippen molar-refractivity contribution < 1.29 is 4.79 Å². The Bertz CT molecular complexity index is 699. The first-order valence-corrected chi connectivity index (χ1v) is 9.32. The average Bonchev–Trinajstić information content (AvgIpc) is 2.58. The van der Waals surface area contributed by atoms with E-state index in [1.165, 1.54) is 0 Å². The van der Waals surface area contributed by atoms with E-state index >= 15 is 0 Å². The van der Waals surface area contributed by atoms with Gasteiger partial charge in [0.1, 0.15) is 0 Å². The van der Waals surface area contributed by atoms with Gasteiger partial charge in [-0.2, -0.15) is 0 Å². The summed E-state index contributed by atoms with van der Waals surface area (Å²) >= 11 is 18.2. The number of Topliss-reactive ketones (excluding diaryl/α,β-unsaturated/α-hetero) is 1. The molecule has 0 aromatic heterocycles. The Morgan fingerprint density at radius 1 is 1.38 bits per heavy atom. The summed E-state index contributed by atoms with van der Waals surface area (Å²) in [5.41, 5.74) is 1.46. The van der Waals surface area contributed by atoms with E-state index in [9.17, 15) is 4.79 Å². The number of carbonyl (C=O) groups is 1. The molecule has 0 saturated carbocycles. The van der Waals surface area contributed by atoms with Crippen LogP contribution in [0.15, 0.2) is 40.9 Å². The van der Waals surface area contributed by atoms with E-state index < -0.39 is 5.92 Å². The third-order valence-electron chi connectivity index (χ3n) is 4.01. The van der Waals surface area contributed by atoms with E-state index in [1.54, 1.807) is 30.0 Å². The second-order valence-corrected chi connectivity index (χ2v) is 7.36. The number of hydrogen-bond donors (Lipinski definition) is 1. The van der Waals surface area contributed by atoms with Gasteiger partial charge in [0.15, 0.2) is 5.78 Å².